The van der Waals surface area contributed by atoms with Crippen LogP contribution < -0.4 is 0 Å². The largest absolute Gasteiger partial charge is 0.457 e. The van der Waals surface area contributed by atoms with E-state index in [-0.39, 0.29) is 12.6 Å². The van der Waals surface area contributed by atoms with E-state index in [1.54, 1.807) is 10.7 Å². The van der Waals surface area contributed by atoms with Gasteiger partial charge in [-0.15, -0.1) is 11.3 Å². The molecule has 4 nitrogen and oxygen atoms in total. The SMILES string of the molecule is Cc1nn(-c2ccccc2Cl)c2sc(C(=O)OCc3ccccc3Cl)cc12. The molecule has 0 fully saturated rings. The maximum Gasteiger partial charge on any atom is 0.348 e. The molecule has 0 radical (unpaired) electrons. The Balaban J connectivity index is 1.64. The van der Waals surface area contributed by atoms with Gasteiger partial charge >= 0.3 is 5.97 Å². The quantitative estimate of drug-likeness (QED) is 0.379. The molecule has 0 N–H and O–H groups in total. The molecule has 2 heterocycles. The molecule has 0 unspecified atom stereocenters. The second-order valence-corrected chi connectivity index (χ2v) is 7.79. The van der Waals surface area contributed by atoms with Crippen molar-refractivity contribution in [2.24, 2.45) is 0 Å². The van der Waals surface area contributed by atoms with Crippen molar-refractivity contribution < 1.29 is 9.53 Å². The smallest absolute Gasteiger partial charge is 0.348 e. The first-order valence-electron chi connectivity index (χ1n) is 8.19. The van der Waals surface area contributed by atoms with Crippen molar-refractivity contribution in [1.82, 2.24) is 9.78 Å². The normalized spacial score (nSPS) is 11.1. The number of carbonyl (C=O) groups is 1. The monoisotopic (exact) mass is 416 g/mol. The summed E-state index contributed by atoms with van der Waals surface area (Å²) < 4.78 is 7.20. The number of rotatable bonds is 4. The van der Waals surface area contributed by atoms with Crippen molar-refractivity contribution in [2.75, 3.05) is 0 Å². The van der Waals surface area contributed by atoms with Gasteiger partial charge in [0, 0.05) is 16.0 Å². The van der Waals surface area contributed by atoms with Crippen LogP contribution in [0.2, 0.25) is 10.0 Å². The first-order valence-corrected chi connectivity index (χ1v) is 9.76. The van der Waals surface area contributed by atoms with E-state index in [9.17, 15) is 4.79 Å². The molecule has 2 aromatic carbocycles. The minimum Gasteiger partial charge on any atom is -0.457 e. The van der Waals surface area contributed by atoms with E-state index in [0.29, 0.717) is 14.9 Å². The first-order chi connectivity index (χ1) is 13.0. The highest BCUT2D eigenvalue weighted by atomic mass is 35.5. The number of ether oxygens (including phenoxy) is 1. The summed E-state index contributed by atoms with van der Waals surface area (Å²) in [5, 5.41) is 6.64. The molecule has 136 valence electrons. The Morgan fingerprint density at radius 3 is 2.56 bits per heavy atom. The fraction of sp³-hybridized carbons (Fsp3) is 0.100. The summed E-state index contributed by atoms with van der Waals surface area (Å²) in [7, 11) is 0. The predicted octanol–water partition coefficient (Wildman–Crippen LogP) is 6.06. The summed E-state index contributed by atoms with van der Waals surface area (Å²) in [5.41, 5.74) is 2.37. The van der Waals surface area contributed by atoms with Crippen molar-refractivity contribution in [3.05, 3.63) is 80.8 Å². The molecule has 0 atom stereocenters. The van der Waals surface area contributed by atoms with Gasteiger partial charge in [-0.05, 0) is 31.2 Å². The van der Waals surface area contributed by atoms with Crippen molar-refractivity contribution in [1.29, 1.82) is 0 Å². The average Bonchev–Trinajstić information content (AvgIpc) is 3.22. The highest BCUT2D eigenvalue weighted by molar-refractivity contribution is 7.20. The zero-order valence-corrected chi connectivity index (χ0v) is 16.6. The summed E-state index contributed by atoms with van der Waals surface area (Å²) in [5.74, 6) is -0.388. The summed E-state index contributed by atoms with van der Waals surface area (Å²) >= 11 is 13.8. The number of thiophene rings is 1. The van der Waals surface area contributed by atoms with E-state index in [2.05, 4.69) is 5.10 Å². The fourth-order valence-electron chi connectivity index (χ4n) is 2.76. The fourth-order valence-corrected chi connectivity index (χ4v) is 4.24. The number of carbonyl (C=O) groups excluding carboxylic acids is 1. The van der Waals surface area contributed by atoms with E-state index in [4.69, 9.17) is 27.9 Å². The van der Waals surface area contributed by atoms with Crippen molar-refractivity contribution in [3.63, 3.8) is 0 Å². The first kappa shape index (κ1) is 18.0. The summed E-state index contributed by atoms with van der Waals surface area (Å²) in [4.78, 5) is 13.9. The highest BCUT2D eigenvalue weighted by Gasteiger charge is 2.19. The number of benzene rings is 2. The van der Waals surface area contributed by atoms with Crippen LogP contribution in [0.25, 0.3) is 15.9 Å². The Hall–Kier alpha value is -2.34. The Morgan fingerprint density at radius 1 is 1.11 bits per heavy atom. The lowest BCUT2D eigenvalue weighted by atomic mass is 10.2. The number of aromatic nitrogens is 2. The number of fused-ring (bicyclic) bond motifs is 1. The molecule has 2 aromatic heterocycles. The number of aryl methyl sites for hydroxylation is 1. The van der Waals surface area contributed by atoms with Gasteiger partial charge in [0.05, 0.1) is 16.4 Å². The molecule has 0 bridgehead atoms. The van der Waals surface area contributed by atoms with Gasteiger partial charge in [0.25, 0.3) is 0 Å². The van der Waals surface area contributed by atoms with E-state index in [1.165, 1.54) is 11.3 Å². The Morgan fingerprint density at radius 2 is 1.81 bits per heavy atom. The molecular weight excluding hydrogens is 403 g/mol. The minimum absolute atomic E-state index is 0.127. The van der Waals surface area contributed by atoms with Crippen LogP contribution in [-0.4, -0.2) is 15.7 Å². The van der Waals surface area contributed by atoms with Gasteiger partial charge in [-0.2, -0.15) is 5.10 Å². The number of hydrogen-bond donors (Lipinski definition) is 0. The Labute approximate surface area is 169 Å². The Kier molecular flexibility index (Phi) is 4.91. The Bertz CT molecular complexity index is 1150. The van der Waals surface area contributed by atoms with Gasteiger partial charge in [-0.3, -0.25) is 0 Å². The van der Waals surface area contributed by atoms with Crippen LogP contribution in [0.1, 0.15) is 20.9 Å². The second kappa shape index (κ2) is 7.35. The topological polar surface area (TPSA) is 44.1 Å². The van der Waals surface area contributed by atoms with Gasteiger partial charge < -0.3 is 4.74 Å². The molecule has 4 aromatic rings. The summed E-state index contributed by atoms with van der Waals surface area (Å²) in [6.07, 6.45) is 0. The van der Waals surface area contributed by atoms with Gasteiger partial charge in [0.2, 0.25) is 0 Å². The lowest BCUT2D eigenvalue weighted by Gasteiger charge is -2.05. The molecule has 4 rings (SSSR count). The molecule has 7 heteroatoms. The average molecular weight is 417 g/mol. The van der Waals surface area contributed by atoms with Gasteiger partial charge in [0.15, 0.2) is 0 Å². The lowest BCUT2D eigenvalue weighted by molar-refractivity contribution is 0.0479. The van der Waals surface area contributed by atoms with Crippen LogP contribution in [0, 0.1) is 6.92 Å². The van der Waals surface area contributed by atoms with Gasteiger partial charge in [0.1, 0.15) is 16.3 Å². The summed E-state index contributed by atoms with van der Waals surface area (Å²) in [6.45, 7) is 2.03. The second-order valence-electron chi connectivity index (χ2n) is 5.95. The van der Waals surface area contributed by atoms with Crippen molar-refractivity contribution >= 4 is 50.7 Å². The highest BCUT2D eigenvalue weighted by Crippen LogP contribution is 2.33. The summed E-state index contributed by atoms with van der Waals surface area (Å²) in [6, 6.07) is 16.6. The van der Waals surface area contributed by atoms with Crippen LogP contribution in [0.3, 0.4) is 0 Å². The molecule has 0 amide bonds. The lowest BCUT2D eigenvalue weighted by Crippen LogP contribution is -2.03. The maximum absolute atomic E-state index is 12.5. The van der Waals surface area contributed by atoms with Crippen molar-refractivity contribution in [3.8, 4) is 5.69 Å². The number of halogens is 2. The molecule has 0 saturated carbocycles. The van der Waals surface area contributed by atoms with Crippen LogP contribution in [0.15, 0.2) is 54.6 Å². The third kappa shape index (κ3) is 3.46. The van der Waals surface area contributed by atoms with Crippen LogP contribution in [-0.2, 0) is 11.3 Å². The molecule has 0 aliphatic heterocycles. The van der Waals surface area contributed by atoms with E-state index in [0.717, 1.165) is 27.2 Å². The molecule has 0 aliphatic rings. The number of esters is 1. The van der Waals surface area contributed by atoms with Crippen molar-refractivity contribution in [2.45, 2.75) is 13.5 Å². The minimum atomic E-state index is -0.388. The van der Waals surface area contributed by atoms with E-state index < -0.39 is 0 Å². The molecule has 0 aliphatic carbocycles. The van der Waals surface area contributed by atoms with E-state index in [1.807, 2.05) is 55.5 Å². The molecule has 27 heavy (non-hydrogen) atoms. The third-order valence-corrected chi connectivity index (χ3v) is 5.92. The zero-order valence-electron chi connectivity index (χ0n) is 14.3. The number of para-hydroxylation sites is 1. The standard InChI is InChI=1S/C20H14Cl2N2O2S/c1-12-14-10-18(20(25)26-11-13-6-2-3-7-15(13)21)27-19(14)24(23-12)17-9-5-4-8-16(17)22/h2-10H,11H2,1H3. The van der Waals surface area contributed by atoms with E-state index >= 15 is 0 Å². The molecule has 0 spiro atoms. The predicted molar refractivity (Wildman–Crippen MR) is 109 cm³/mol. The zero-order chi connectivity index (χ0) is 19.0. The van der Waals surface area contributed by atoms with Crippen LogP contribution in [0.5, 0.6) is 0 Å². The van der Waals surface area contributed by atoms with Gasteiger partial charge in [-0.1, -0.05) is 53.5 Å². The van der Waals surface area contributed by atoms with Crippen LogP contribution >= 0.6 is 34.5 Å². The van der Waals surface area contributed by atoms with Crippen LogP contribution in [0.4, 0.5) is 0 Å². The third-order valence-electron chi connectivity index (χ3n) is 4.14. The number of hydrogen-bond acceptors (Lipinski definition) is 4. The van der Waals surface area contributed by atoms with Gasteiger partial charge in [-0.25, -0.2) is 9.48 Å². The number of nitrogens with zero attached hydrogens (tertiary/aromatic N) is 2. The maximum atomic E-state index is 12.5. The molecule has 0 saturated heterocycles. The molecular formula is C20H14Cl2N2O2S.